The van der Waals surface area contributed by atoms with Crippen LogP contribution in [0.5, 0.6) is 0 Å². The third kappa shape index (κ3) is 2.35. The van der Waals surface area contributed by atoms with E-state index in [1.54, 1.807) is 6.26 Å². The highest BCUT2D eigenvalue weighted by Gasteiger charge is 2.25. The number of hydrogen-bond acceptors (Lipinski definition) is 2. The maximum atomic E-state index is 12.5. The van der Waals surface area contributed by atoms with E-state index in [9.17, 15) is 4.79 Å². The van der Waals surface area contributed by atoms with Crippen LogP contribution in [0.15, 0.2) is 34.9 Å². The van der Waals surface area contributed by atoms with Gasteiger partial charge in [-0.3, -0.25) is 4.79 Å². The fraction of sp³-hybridized carbons (Fsp3) is 0.400. The predicted octanol–water partition coefficient (Wildman–Crippen LogP) is 3.52. The van der Waals surface area contributed by atoms with E-state index in [2.05, 4.69) is 0 Å². The lowest BCUT2D eigenvalue weighted by Crippen LogP contribution is -2.38. The van der Waals surface area contributed by atoms with E-state index >= 15 is 0 Å². The number of likely N-dealkylation sites (tertiary alicyclic amines) is 1. The average molecular weight is 278 g/mol. The molecule has 0 atom stereocenters. The Bertz CT molecular complexity index is 585. The standard InChI is InChI=1S/C15H16ClNO2/c16-9-11-5-7-17(8-6-11)15(18)13-10-19-14-4-2-1-3-12(13)14/h1-4,10-11H,5-9H2. The molecule has 3 rings (SSSR count). The number of halogens is 1. The molecule has 1 fully saturated rings. The molecular weight excluding hydrogens is 262 g/mol. The van der Waals surface area contributed by atoms with Gasteiger partial charge in [-0.05, 0) is 24.8 Å². The second kappa shape index (κ2) is 5.25. The number of fused-ring (bicyclic) bond motifs is 1. The van der Waals surface area contributed by atoms with Crippen molar-refractivity contribution in [1.82, 2.24) is 4.90 Å². The summed E-state index contributed by atoms with van der Waals surface area (Å²) in [6.45, 7) is 1.57. The minimum absolute atomic E-state index is 0.0676. The number of hydrogen-bond donors (Lipinski definition) is 0. The molecule has 4 heteroatoms. The van der Waals surface area contributed by atoms with Gasteiger partial charge in [-0.1, -0.05) is 18.2 Å². The Balaban J connectivity index is 1.81. The molecule has 0 aliphatic carbocycles. The molecule has 0 radical (unpaired) electrons. The van der Waals surface area contributed by atoms with Crippen molar-refractivity contribution in [1.29, 1.82) is 0 Å². The fourth-order valence-corrected chi connectivity index (χ4v) is 2.91. The van der Waals surface area contributed by atoms with Gasteiger partial charge < -0.3 is 9.32 Å². The van der Waals surface area contributed by atoms with Crippen LogP contribution in [0.25, 0.3) is 11.0 Å². The summed E-state index contributed by atoms with van der Waals surface area (Å²) in [7, 11) is 0. The van der Waals surface area contributed by atoms with Crippen molar-refractivity contribution in [2.24, 2.45) is 5.92 Å². The van der Waals surface area contributed by atoms with Crippen LogP contribution in [0.1, 0.15) is 23.2 Å². The first-order valence-corrected chi connectivity index (χ1v) is 7.14. The van der Waals surface area contributed by atoms with Gasteiger partial charge in [0, 0.05) is 24.4 Å². The van der Waals surface area contributed by atoms with E-state index in [-0.39, 0.29) is 5.91 Å². The molecule has 1 aliphatic heterocycles. The molecule has 3 nitrogen and oxygen atoms in total. The lowest BCUT2D eigenvalue weighted by atomic mass is 9.98. The highest BCUT2D eigenvalue weighted by atomic mass is 35.5. The monoisotopic (exact) mass is 277 g/mol. The normalized spacial score (nSPS) is 17.0. The van der Waals surface area contributed by atoms with Gasteiger partial charge in [-0.25, -0.2) is 0 Å². The van der Waals surface area contributed by atoms with Gasteiger partial charge in [0.15, 0.2) is 0 Å². The number of amides is 1. The van der Waals surface area contributed by atoms with Crippen LogP contribution < -0.4 is 0 Å². The highest BCUT2D eigenvalue weighted by Crippen LogP contribution is 2.25. The summed E-state index contributed by atoms with van der Waals surface area (Å²) >= 11 is 5.87. The Labute approximate surface area is 117 Å². The molecular formula is C15H16ClNO2. The Morgan fingerprint density at radius 3 is 2.79 bits per heavy atom. The van der Waals surface area contributed by atoms with Gasteiger partial charge in [0.2, 0.25) is 0 Å². The topological polar surface area (TPSA) is 33.5 Å². The fourth-order valence-electron chi connectivity index (χ4n) is 2.60. The molecule has 19 heavy (non-hydrogen) atoms. The van der Waals surface area contributed by atoms with E-state index in [0.717, 1.165) is 36.9 Å². The van der Waals surface area contributed by atoms with Gasteiger partial charge in [0.25, 0.3) is 5.91 Å². The smallest absolute Gasteiger partial charge is 0.257 e. The Hall–Kier alpha value is -1.48. The van der Waals surface area contributed by atoms with E-state index < -0.39 is 0 Å². The van der Waals surface area contributed by atoms with Crippen LogP contribution in [-0.2, 0) is 0 Å². The molecule has 0 unspecified atom stereocenters. The van der Waals surface area contributed by atoms with Gasteiger partial charge >= 0.3 is 0 Å². The molecule has 0 N–H and O–H groups in total. The van der Waals surface area contributed by atoms with Crippen molar-refractivity contribution in [3.8, 4) is 0 Å². The van der Waals surface area contributed by atoms with E-state index in [1.165, 1.54) is 0 Å². The maximum absolute atomic E-state index is 12.5. The third-order valence-corrected chi connectivity index (χ3v) is 4.27. The summed E-state index contributed by atoms with van der Waals surface area (Å²) in [5, 5.41) is 0.895. The largest absolute Gasteiger partial charge is 0.463 e. The SMILES string of the molecule is O=C(c1coc2ccccc12)N1CCC(CCl)CC1. The number of carbonyl (C=O) groups is 1. The number of rotatable bonds is 2. The summed E-state index contributed by atoms with van der Waals surface area (Å²) in [5.74, 6) is 1.31. The first kappa shape index (κ1) is 12.5. The number of nitrogens with zero attached hydrogens (tertiary/aromatic N) is 1. The third-order valence-electron chi connectivity index (χ3n) is 3.83. The van der Waals surface area contributed by atoms with Gasteiger partial charge in [-0.2, -0.15) is 0 Å². The lowest BCUT2D eigenvalue weighted by molar-refractivity contribution is 0.0699. The van der Waals surface area contributed by atoms with E-state index in [1.807, 2.05) is 29.2 Å². The molecule has 1 aromatic heterocycles. The summed E-state index contributed by atoms with van der Waals surface area (Å²) in [5.41, 5.74) is 1.43. The molecule has 0 spiro atoms. The summed E-state index contributed by atoms with van der Waals surface area (Å²) < 4.78 is 5.43. The number of carbonyl (C=O) groups excluding carboxylic acids is 1. The number of benzene rings is 1. The first-order valence-electron chi connectivity index (χ1n) is 6.61. The molecule has 0 bridgehead atoms. The molecule has 100 valence electrons. The zero-order chi connectivity index (χ0) is 13.2. The van der Waals surface area contributed by atoms with Gasteiger partial charge in [0.05, 0.1) is 5.56 Å². The summed E-state index contributed by atoms with van der Waals surface area (Å²) in [6.07, 6.45) is 3.55. The molecule has 2 heterocycles. The highest BCUT2D eigenvalue weighted by molar-refractivity contribution is 6.18. The summed E-state index contributed by atoms with van der Waals surface area (Å²) in [6, 6.07) is 7.64. The Morgan fingerprint density at radius 1 is 1.32 bits per heavy atom. The number of para-hydroxylation sites is 1. The van der Waals surface area contributed by atoms with Crippen molar-refractivity contribution >= 4 is 28.5 Å². The zero-order valence-electron chi connectivity index (χ0n) is 10.6. The minimum atomic E-state index is 0.0676. The van der Waals surface area contributed by atoms with E-state index in [0.29, 0.717) is 17.4 Å². The second-order valence-corrected chi connectivity index (χ2v) is 5.34. The van der Waals surface area contributed by atoms with Crippen LogP contribution in [0, 0.1) is 5.92 Å². The minimum Gasteiger partial charge on any atom is -0.463 e. The van der Waals surface area contributed by atoms with Gasteiger partial charge in [0.1, 0.15) is 11.8 Å². The molecule has 1 saturated heterocycles. The molecule has 1 amide bonds. The van der Waals surface area contributed by atoms with E-state index in [4.69, 9.17) is 16.0 Å². The zero-order valence-corrected chi connectivity index (χ0v) is 11.4. The van der Waals surface area contributed by atoms with Crippen molar-refractivity contribution in [3.05, 3.63) is 36.1 Å². The van der Waals surface area contributed by atoms with Crippen molar-refractivity contribution in [2.45, 2.75) is 12.8 Å². The van der Waals surface area contributed by atoms with Crippen molar-refractivity contribution < 1.29 is 9.21 Å². The molecule has 1 aliphatic rings. The number of furan rings is 1. The summed E-state index contributed by atoms with van der Waals surface area (Å²) in [4.78, 5) is 14.4. The lowest BCUT2D eigenvalue weighted by Gasteiger charge is -2.30. The predicted molar refractivity (Wildman–Crippen MR) is 75.6 cm³/mol. The quantitative estimate of drug-likeness (QED) is 0.787. The van der Waals surface area contributed by atoms with Crippen molar-refractivity contribution in [3.63, 3.8) is 0 Å². The van der Waals surface area contributed by atoms with Gasteiger partial charge in [-0.15, -0.1) is 11.6 Å². The maximum Gasteiger partial charge on any atom is 0.257 e. The molecule has 2 aromatic rings. The Morgan fingerprint density at radius 2 is 2.05 bits per heavy atom. The number of piperidine rings is 1. The van der Waals surface area contributed by atoms with Crippen LogP contribution >= 0.6 is 11.6 Å². The van der Waals surface area contributed by atoms with Crippen LogP contribution in [0.3, 0.4) is 0 Å². The first-order chi connectivity index (χ1) is 9.29. The van der Waals surface area contributed by atoms with Crippen LogP contribution in [0.2, 0.25) is 0 Å². The number of alkyl halides is 1. The molecule has 0 saturated carbocycles. The van der Waals surface area contributed by atoms with Crippen LogP contribution in [0.4, 0.5) is 0 Å². The second-order valence-electron chi connectivity index (χ2n) is 5.04. The Kier molecular flexibility index (Phi) is 3.47. The van der Waals surface area contributed by atoms with Crippen molar-refractivity contribution in [2.75, 3.05) is 19.0 Å². The van der Waals surface area contributed by atoms with Crippen LogP contribution in [-0.4, -0.2) is 29.8 Å². The molecule has 1 aromatic carbocycles. The average Bonchev–Trinajstić information content (AvgIpc) is 2.90.